The number of unbranched alkanes of at least 4 members (excludes halogenated alkanes) is 5. The average Bonchev–Trinajstić information content (AvgIpc) is 3.23. The highest BCUT2D eigenvalue weighted by atomic mass is 35.5. The minimum Gasteiger partial charge on any atom is -0.495 e. The van der Waals surface area contributed by atoms with Crippen molar-refractivity contribution >= 4 is 53.0 Å². The van der Waals surface area contributed by atoms with Gasteiger partial charge in [-0.2, -0.15) is 5.26 Å². The summed E-state index contributed by atoms with van der Waals surface area (Å²) in [5.74, 6) is 1.36. The topological polar surface area (TPSA) is 136 Å². The molecular weight excluding hydrogens is 821 g/mol. The third-order valence-electron chi connectivity index (χ3n) is 9.95. The van der Waals surface area contributed by atoms with Crippen molar-refractivity contribution in [2.24, 2.45) is 4.99 Å². The first-order valence-electron chi connectivity index (χ1n) is 21.5. The van der Waals surface area contributed by atoms with Crippen LogP contribution in [-0.2, 0) is 23.7 Å². The third-order valence-corrected chi connectivity index (χ3v) is 10.6. The van der Waals surface area contributed by atoms with Crippen LogP contribution >= 0.6 is 23.2 Å². The molecule has 0 spiro atoms. The Morgan fingerprint density at radius 2 is 1.33 bits per heavy atom. The van der Waals surface area contributed by atoms with Gasteiger partial charge in [0, 0.05) is 70.1 Å². The number of esters is 1. The van der Waals surface area contributed by atoms with E-state index in [9.17, 15) is 10.1 Å². The Labute approximate surface area is 374 Å². The van der Waals surface area contributed by atoms with Crippen molar-refractivity contribution in [1.29, 1.82) is 5.26 Å². The van der Waals surface area contributed by atoms with Gasteiger partial charge in [-0.1, -0.05) is 42.5 Å². The van der Waals surface area contributed by atoms with Crippen molar-refractivity contribution < 1.29 is 38.0 Å². The van der Waals surface area contributed by atoms with E-state index in [2.05, 4.69) is 32.9 Å². The zero-order valence-corrected chi connectivity index (χ0v) is 38.9. The molecular formula is C46H69Cl2N5O8. The molecule has 0 radical (unpaired) electrons. The highest BCUT2D eigenvalue weighted by Gasteiger charge is 2.20. The van der Waals surface area contributed by atoms with E-state index >= 15 is 0 Å². The molecule has 1 N–H and O–H groups in total. The van der Waals surface area contributed by atoms with Gasteiger partial charge in [0.25, 0.3) is 0 Å². The Morgan fingerprint density at radius 1 is 0.754 bits per heavy atom. The van der Waals surface area contributed by atoms with E-state index in [4.69, 9.17) is 56.4 Å². The fraction of sp³-hybridized carbons (Fsp3) is 0.630. The Balaban J connectivity index is 1.23. The molecule has 1 fully saturated rings. The molecule has 3 rings (SSSR count). The lowest BCUT2D eigenvalue weighted by molar-refractivity contribution is -0.154. The minimum atomic E-state index is -0.420. The quantitative estimate of drug-likeness (QED) is 0.0346. The SMILES string of the molecule is C=Nc1cc(OCCCN2CCN(CCCCCCOCCOCCOCCCCCC(=O)OC(C)(C)C)CC2)c(OC)cc1/C(Nc1cc(OC)c(Cl)cc1Cl)=C(\C)C#N. The summed E-state index contributed by atoms with van der Waals surface area (Å²) in [6.07, 6.45) is 8.68. The summed E-state index contributed by atoms with van der Waals surface area (Å²) in [5, 5.41) is 13.9. The predicted octanol–water partition coefficient (Wildman–Crippen LogP) is 9.61. The molecule has 0 saturated carbocycles. The van der Waals surface area contributed by atoms with E-state index in [-0.39, 0.29) is 5.97 Å². The number of ether oxygens (including phenoxy) is 7. The molecule has 13 nitrogen and oxygen atoms in total. The lowest BCUT2D eigenvalue weighted by atomic mass is 10.0. The summed E-state index contributed by atoms with van der Waals surface area (Å²) in [4.78, 5) is 21.0. The van der Waals surface area contributed by atoms with Gasteiger partial charge in [-0.05, 0) is 85.2 Å². The lowest BCUT2D eigenvalue weighted by Crippen LogP contribution is -2.46. The first-order valence-corrected chi connectivity index (χ1v) is 22.3. The van der Waals surface area contributed by atoms with Crippen LogP contribution in [0, 0.1) is 11.3 Å². The molecule has 1 aliphatic rings. The van der Waals surface area contributed by atoms with Crippen LogP contribution in [-0.4, -0.2) is 128 Å². The molecule has 0 unspecified atom stereocenters. The molecule has 1 aliphatic heterocycles. The van der Waals surface area contributed by atoms with Crippen LogP contribution in [0.3, 0.4) is 0 Å². The van der Waals surface area contributed by atoms with Gasteiger partial charge in [0.1, 0.15) is 11.4 Å². The number of anilines is 1. The zero-order valence-electron chi connectivity index (χ0n) is 37.4. The van der Waals surface area contributed by atoms with Crippen LogP contribution in [0.15, 0.2) is 34.8 Å². The van der Waals surface area contributed by atoms with Crippen molar-refractivity contribution in [3.8, 4) is 23.3 Å². The monoisotopic (exact) mass is 889 g/mol. The molecule has 0 aliphatic carbocycles. The molecule has 0 aromatic heterocycles. The second kappa shape index (κ2) is 28.9. The number of aliphatic imine (C=N–C) groups is 1. The maximum absolute atomic E-state index is 11.7. The number of nitrogens with zero attached hydrogens (tertiary/aromatic N) is 4. The zero-order chi connectivity index (χ0) is 44.5. The second-order valence-corrected chi connectivity index (χ2v) is 16.7. The Kier molecular flexibility index (Phi) is 24.5. The van der Waals surface area contributed by atoms with Crippen molar-refractivity contribution in [3.63, 3.8) is 0 Å². The summed E-state index contributed by atoms with van der Waals surface area (Å²) in [7, 11) is 3.10. The number of nitrogens with one attached hydrogen (secondary N) is 1. The number of nitriles is 1. The van der Waals surface area contributed by atoms with Crippen molar-refractivity contribution in [2.75, 3.05) is 105 Å². The number of benzene rings is 2. The molecule has 0 atom stereocenters. The number of rotatable bonds is 30. The van der Waals surface area contributed by atoms with E-state index < -0.39 is 5.60 Å². The van der Waals surface area contributed by atoms with Crippen LogP contribution in [0.2, 0.25) is 10.0 Å². The summed E-state index contributed by atoms with van der Waals surface area (Å²) in [6.45, 7) is 21.8. The Morgan fingerprint density at radius 3 is 1.90 bits per heavy atom. The van der Waals surface area contributed by atoms with Crippen LogP contribution in [0.1, 0.15) is 91.0 Å². The highest BCUT2D eigenvalue weighted by Crippen LogP contribution is 2.41. The molecule has 0 amide bonds. The van der Waals surface area contributed by atoms with Gasteiger partial charge in [-0.3, -0.25) is 9.79 Å². The normalized spacial score (nSPS) is 14.0. The van der Waals surface area contributed by atoms with Crippen LogP contribution in [0.25, 0.3) is 5.70 Å². The summed E-state index contributed by atoms with van der Waals surface area (Å²) >= 11 is 12.8. The molecule has 61 heavy (non-hydrogen) atoms. The maximum atomic E-state index is 11.7. The maximum Gasteiger partial charge on any atom is 0.306 e. The van der Waals surface area contributed by atoms with Crippen molar-refractivity contribution in [1.82, 2.24) is 9.80 Å². The van der Waals surface area contributed by atoms with Gasteiger partial charge in [0.05, 0.1) is 86.0 Å². The summed E-state index contributed by atoms with van der Waals surface area (Å²) in [6, 6.07) is 9.04. The number of carbonyl (C=O) groups excluding carboxylic acids is 1. The van der Waals surface area contributed by atoms with Gasteiger partial charge < -0.3 is 48.3 Å². The Bertz CT molecular complexity index is 1710. The van der Waals surface area contributed by atoms with Gasteiger partial charge in [0.2, 0.25) is 0 Å². The molecule has 2 aromatic rings. The van der Waals surface area contributed by atoms with E-state index in [0.29, 0.717) is 102 Å². The number of allylic oxidation sites excluding steroid dienone is 1. The van der Waals surface area contributed by atoms with Crippen molar-refractivity contribution in [3.05, 3.63) is 45.4 Å². The minimum absolute atomic E-state index is 0.133. The number of piperazine rings is 1. The van der Waals surface area contributed by atoms with Gasteiger partial charge >= 0.3 is 5.97 Å². The second-order valence-electron chi connectivity index (χ2n) is 15.9. The number of methoxy groups -OCH3 is 2. The summed E-state index contributed by atoms with van der Waals surface area (Å²) < 4.78 is 39.6. The number of hydrogen-bond acceptors (Lipinski definition) is 13. The number of halogens is 2. The summed E-state index contributed by atoms with van der Waals surface area (Å²) in [5.41, 5.74) is 2.10. The molecule has 1 heterocycles. The molecule has 340 valence electrons. The molecule has 15 heteroatoms. The molecule has 1 saturated heterocycles. The standard InChI is InChI=1S/C46H69Cl2N5O8/c1-35(34-49)45(51-40-33-41(55-6)38(48)31-37(40)47)36-30-42(56-7)43(32-39(36)50-5)60-25-15-18-53-21-19-52(20-22-53)17-12-8-9-13-23-57-26-28-59-29-27-58-24-14-10-11-16-44(54)61-46(2,3)4/h30-33,51H,5,8-29H2,1-4,6-7H3/b45-35-. The molecule has 0 bridgehead atoms. The van der Waals surface area contributed by atoms with Crippen LogP contribution in [0.4, 0.5) is 11.4 Å². The van der Waals surface area contributed by atoms with Crippen molar-refractivity contribution in [2.45, 2.75) is 91.1 Å². The van der Waals surface area contributed by atoms with Gasteiger partial charge in [-0.25, -0.2) is 0 Å². The van der Waals surface area contributed by atoms with E-state index in [1.807, 2.05) is 20.8 Å². The van der Waals surface area contributed by atoms with E-state index in [1.54, 1.807) is 38.3 Å². The number of carbonyl (C=O) groups is 1. The lowest BCUT2D eigenvalue weighted by Gasteiger charge is -2.34. The number of hydrogen-bond donors (Lipinski definition) is 1. The van der Waals surface area contributed by atoms with E-state index in [1.165, 1.54) is 26.4 Å². The third kappa shape index (κ3) is 20.0. The molecule has 2 aromatic carbocycles. The first kappa shape index (κ1) is 51.7. The fourth-order valence-electron chi connectivity index (χ4n) is 6.67. The Hall–Kier alpha value is -3.61. The first-order chi connectivity index (χ1) is 29.4. The average molecular weight is 891 g/mol. The van der Waals surface area contributed by atoms with Gasteiger partial charge in [-0.15, -0.1) is 0 Å². The smallest absolute Gasteiger partial charge is 0.306 e. The van der Waals surface area contributed by atoms with Gasteiger partial charge in [0.15, 0.2) is 11.5 Å². The van der Waals surface area contributed by atoms with Crippen LogP contribution in [0.5, 0.6) is 17.2 Å². The van der Waals surface area contributed by atoms with E-state index in [0.717, 1.165) is 78.0 Å². The highest BCUT2D eigenvalue weighted by molar-refractivity contribution is 6.37. The van der Waals surface area contributed by atoms with Crippen LogP contribution < -0.4 is 19.5 Å². The fourth-order valence-corrected chi connectivity index (χ4v) is 7.18. The predicted molar refractivity (Wildman–Crippen MR) is 245 cm³/mol. The largest absolute Gasteiger partial charge is 0.495 e.